The lowest BCUT2D eigenvalue weighted by Crippen LogP contribution is -2.42. The average Bonchev–Trinajstić information content (AvgIpc) is 3.06. The third-order valence-corrected chi connectivity index (χ3v) is 7.27. The second kappa shape index (κ2) is 6.09. The number of hydrogen-bond donors (Lipinski definition) is 0. The van der Waals surface area contributed by atoms with E-state index < -0.39 is 0 Å². The summed E-state index contributed by atoms with van der Waals surface area (Å²) in [4.78, 5) is 5.19. The van der Waals surface area contributed by atoms with E-state index in [4.69, 9.17) is 9.57 Å². The summed E-state index contributed by atoms with van der Waals surface area (Å²) in [7, 11) is 3.42. The molecule has 24 heavy (non-hydrogen) atoms. The van der Waals surface area contributed by atoms with Crippen LogP contribution in [0.5, 0.6) is 5.75 Å². The van der Waals surface area contributed by atoms with Gasteiger partial charge in [-0.05, 0) is 79.0 Å². The molecule has 2 fully saturated rings. The third kappa shape index (κ3) is 2.28. The summed E-state index contributed by atoms with van der Waals surface area (Å²) in [6.07, 6.45) is 9.35. The molecule has 0 bridgehead atoms. The highest BCUT2D eigenvalue weighted by Gasteiger charge is 2.52. The first-order valence-corrected chi connectivity index (χ1v) is 9.50. The lowest BCUT2D eigenvalue weighted by atomic mass is 9.54. The Morgan fingerprint density at radius 2 is 2.08 bits per heavy atom. The highest BCUT2D eigenvalue weighted by Crippen LogP contribution is 2.62. The number of oxime groups is 1. The van der Waals surface area contributed by atoms with Gasteiger partial charge in [0.05, 0.1) is 12.8 Å². The Kier molecular flexibility index (Phi) is 4.06. The fourth-order valence-corrected chi connectivity index (χ4v) is 6.14. The Morgan fingerprint density at radius 3 is 2.83 bits per heavy atom. The number of fused-ring (bicyclic) bond motifs is 5. The number of hydrogen-bond acceptors (Lipinski definition) is 3. The quantitative estimate of drug-likeness (QED) is 0.720. The lowest BCUT2D eigenvalue weighted by Gasteiger charge is -2.50. The topological polar surface area (TPSA) is 30.8 Å². The van der Waals surface area contributed by atoms with Crippen molar-refractivity contribution in [2.75, 3.05) is 14.2 Å². The van der Waals surface area contributed by atoms with Crippen molar-refractivity contribution in [3.63, 3.8) is 0 Å². The van der Waals surface area contributed by atoms with E-state index in [0.717, 1.165) is 29.7 Å². The molecule has 0 amide bonds. The maximum absolute atomic E-state index is 5.51. The minimum Gasteiger partial charge on any atom is -0.497 e. The van der Waals surface area contributed by atoms with Crippen LogP contribution in [0.15, 0.2) is 23.4 Å². The smallest absolute Gasteiger partial charge is 0.119 e. The van der Waals surface area contributed by atoms with Crippen LogP contribution < -0.4 is 4.74 Å². The SMILES string of the molecule is CC[C@@]12CCC[C@H]1[C@@H]1C/C(=N\OC)c3ccc(OC)cc3[C@H]1CC2. The molecular weight excluding hydrogens is 298 g/mol. The van der Waals surface area contributed by atoms with Crippen LogP contribution in [0.4, 0.5) is 0 Å². The van der Waals surface area contributed by atoms with E-state index in [-0.39, 0.29) is 0 Å². The van der Waals surface area contributed by atoms with Crippen molar-refractivity contribution >= 4 is 5.71 Å². The van der Waals surface area contributed by atoms with Crippen molar-refractivity contribution < 1.29 is 9.57 Å². The summed E-state index contributed by atoms with van der Waals surface area (Å²) in [6, 6.07) is 6.49. The summed E-state index contributed by atoms with van der Waals surface area (Å²) in [5.74, 6) is 3.19. The molecule has 0 N–H and O–H groups in total. The van der Waals surface area contributed by atoms with E-state index in [1.165, 1.54) is 49.7 Å². The van der Waals surface area contributed by atoms with Gasteiger partial charge in [-0.1, -0.05) is 24.9 Å². The van der Waals surface area contributed by atoms with Crippen molar-refractivity contribution in [2.45, 2.75) is 57.8 Å². The van der Waals surface area contributed by atoms with Gasteiger partial charge in [0.15, 0.2) is 0 Å². The van der Waals surface area contributed by atoms with Gasteiger partial charge in [-0.3, -0.25) is 0 Å². The predicted molar refractivity (Wildman–Crippen MR) is 96.7 cm³/mol. The molecule has 3 aliphatic rings. The minimum atomic E-state index is 0.593. The largest absolute Gasteiger partial charge is 0.497 e. The van der Waals surface area contributed by atoms with E-state index >= 15 is 0 Å². The van der Waals surface area contributed by atoms with Crippen molar-refractivity contribution in [3.8, 4) is 5.75 Å². The van der Waals surface area contributed by atoms with Crippen molar-refractivity contribution in [1.82, 2.24) is 0 Å². The van der Waals surface area contributed by atoms with Gasteiger partial charge < -0.3 is 9.57 Å². The van der Waals surface area contributed by atoms with Crippen LogP contribution in [0, 0.1) is 17.3 Å². The van der Waals surface area contributed by atoms with Crippen LogP contribution in [-0.2, 0) is 4.84 Å². The van der Waals surface area contributed by atoms with Gasteiger partial charge in [-0.15, -0.1) is 0 Å². The van der Waals surface area contributed by atoms with Crippen molar-refractivity contribution in [3.05, 3.63) is 29.3 Å². The first kappa shape index (κ1) is 16.0. The minimum absolute atomic E-state index is 0.593. The van der Waals surface area contributed by atoms with E-state index in [0.29, 0.717) is 11.3 Å². The Balaban J connectivity index is 1.79. The van der Waals surface area contributed by atoms with E-state index in [1.807, 2.05) is 0 Å². The van der Waals surface area contributed by atoms with E-state index in [1.54, 1.807) is 14.2 Å². The summed E-state index contributed by atoms with van der Waals surface area (Å²) in [5, 5.41) is 4.41. The van der Waals surface area contributed by atoms with Gasteiger partial charge >= 0.3 is 0 Å². The molecule has 0 radical (unpaired) electrons. The van der Waals surface area contributed by atoms with E-state index in [2.05, 4.69) is 30.3 Å². The fraction of sp³-hybridized carbons (Fsp3) is 0.667. The number of rotatable bonds is 3. The van der Waals surface area contributed by atoms with Crippen LogP contribution >= 0.6 is 0 Å². The Morgan fingerprint density at radius 1 is 1.21 bits per heavy atom. The molecule has 0 aromatic heterocycles. The highest BCUT2D eigenvalue weighted by molar-refractivity contribution is 6.03. The molecule has 0 aliphatic heterocycles. The molecule has 3 heteroatoms. The summed E-state index contributed by atoms with van der Waals surface area (Å²) >= 11 is 0. The monoisotopic (exact) mass is 327 g/mol. The predicted octanol–water partition coefficient (Wildman–Crippen LogP) is 5.14. The average molecular weight is 327 g/mol. The molecule has 0 heterocycles. The van der Waals surface area contributed by atoms with Gasteiger partial charge in [0.2, 0.25) is 0 Å². The molecule has 1 aromatic rings. The highest BCUT2D eigenvalue weighted by atomic mass is 16.6. The lowest BCUT2D eigenvalue weighted by molar-refractivity contribution is 0.0506. The molecule has 0 saturated heterocycles. The molecular formula is C21H29NO2. The van der Waals surface area contributed by atoms with Crippen LogP contribution in [0.2, 0.25) is 0 Å². The van der Waals surface area contributed by atoms with Gasteiger partial charge in [0.1, 0.15) is 12.9 Å². The molecule has 1 aromatic carbocycles. The first-order valence-electron chi connectivity index (χ1n) is 9.50. The molecule has 2 saturated carbocycles. The molecule has 130 valence electrons. The Bertz CT molecular complexity index is 653. The van der Waals surface area contributed by atoms with Crippen LogP contribution in [0.25, 0.3) is 0 Å². The Hall–Kier alpha value is -1.51. The summed E-state index contributed by atoms with van der Waals surface area (Å²) < 4.78 is 5.51. The zero-order chi connectivity index (χ0) is 16.7. The van der Waals surface area contributed by atoms with Gasteiger partial charge in [0, 0.05) is 5.56 Å². The fourth-order valence-electron chi connectivity index (χ4n) is 6.14. The van der Waals surface area contributed by atoms with Crippen molar-refractivity contribution in [2.24, 2.45) is 22.4 Å². The number of ether oxygens (including phenoxy) is 1. The molecule has 0 unspecified atom stereocenters. The van der Waals surface area contributed by atoms with Crippen LogP contribution in [-0.4, -0.2) is 19.9 Å². The van der Waals surface area contributed by atoms with Crippen LogP contribution in [0.1, 0.15) is 68.9 Å². The molecule has 3 nitrogen and oxygen atoms in total. The molecule has 4 rings (SSSR count). The van der Waals surface area contributed by atoms with Crippen LogP contribution in [0.3, 0.4) is 0 Å². The molecule has 0 spiro atoms. The van der Waals surface area contributed by atoms with Crippen molar-refractivity contribution in [1.29, 1.82) is 0 Å². The molecule has 3 aliphatic carbocycles. The Labute approximate surface area is 145 Å². The number of nitrogens with zero attached hydrogens (tertiary/aromatic N) is 1. The molecule has 4 atom stereocenters. The number of methoxy groups -OCH3 is 1. The maximum atomic E-state index is 5.51. The maximum Gasteiger partial charge on any atom is 0.119 e. The second-order valence-corrected chi connectivity index (χ2v) is 7.90. The third-order valence-electron chi connectivity index (χ3n) is 7.27. The zero-order valence-corrected chi connectivity index (χ0v) is 15.2. The standard InChI is InChI=1S/C21H29NO2/c1-4-21-10-5-6-19(21)18-13-20(22-24-3)16-8-7-14(23-2)12-17(16)15(18)9-11-21/h7-8,12,15,18-19H,4-6,9-11,13H2,1-3H3/b22-20+/t15-,18-,19+,21+/m1/s1. The summed E-state index contributed by atoms with van der Waals surface area (Å²) in [5.41, 5.74) is 4.45. The van der Waals surface area contributed by atoms with Gasteiger partial charge in [0.25, 0.3) is 0 Å². The van der Waals surface area contributed by atoms with E-state index in [9.17, 15) is 0 Å². The summed E-state index contributed by atoms with van der Waals surface area (Å²) in [6.45, 7) is 2.41. The normalized spacial score (nSPS) is 36.0. The first-order chi connectivity index (χ1) is 11.7. The second-order valence-electron chi connectivity index (χ2n) is 7.90. The zero-order valence-electron chi connectivity index (χ0n) is 15.2. The number of benzene rings is 1. The van der Waals surface area contributed by atoms with Gasteiger partial charge in [-0.25, -0.2) is 0 Å². The van der Waals surface area contributed by atoms with Gasteiger partial charge in [-0.2, -0.15) is 0 Å².